The summed E-state index contributed by atoms with van der Waals surface area (Å²) in [6.07, 6.45) is 3.70. The zero-order valence-electron chi connectivity index (χ0n) is 6.82. The van der Waals surface area contributed by atoms with E-state index in [4.69, 9.17) is 0 Å². The van der Waals surface area contributed by atoms with E-state index in [2.05, 4.69) is 6.92 Å². The molecule has 0 bridgehead atoms. The number of rotatable bonds is 1. The van der Waals surface area contributed by atoms with Crippen molar-refractivity contribution in [1.29, 1.82) is 0 Å². The third-order valence-electron chi connectivity index (χ3n) is 2.42. The fourth-order valence-corrected chi connectivity index (χ4v) is 1.63. The van der Waals surface area contributed by atoms with E-state index in [1.807, 2.05) is 0 Å². The van der Waals surface area contributed by atoms with Gasteiger partial charge in [0.1, 0.15) is 0 Å². The van der Waals surface area contributed by atoms with Crippen LogP contribution < -0.4 is 0 Å². The fraction of sp³-hybridized carbons (Fsp3) is 0.778. The van der Waals surface area contributed by atoms with Crippen molar-refractivity contribution in [2.45, 2.75) is 32.6 Å². The van der Waals surface area contributed by atoms with Crippen LogP contribution in [0, 0.1) is 11.8 Å². The molecule has 11 heavy (non-hydrogen) atoms. The highest BCUT2D eigenvalue weighted by molar-refractivity contribution is 4.90. The Labute approximate surface area is 66.3 Å². The SMILES string of the molecule is CC1CCC(C=C(F)F)CC1. The van der Waals surface area contributed by atoms with Crippen LogP contribution in [-0.2, 0) is 0 Å². The first kappa shape index (κ1) is 8.69. The summed E-state index contributed by atoms with van der Waals surface area (Å²) >= 11 is 0. The minimum atomic E-state index is -1.51. The van der Waals surface area contributed by atoms with Crippen molar-refractivity contribution in [2.24, 2.45) is 11.8 Å². The molecule has 0 aliphatic heterocycles. The zero-order chi connectivity index (χ0) is 8.27. The standard InChI is InChI=1S/C9H14F2/c1-7-2-4-8(5-3-7)6-9(10)11/h6-8H,2-5H2,1H3. The molecule has 1 rings (SSSR count). The van der Waals surface area contributed by atoms with Gasteiger partial charge in [0, 0.05) is 0 Å². The van der Waals surface area contributed by atoms with Gasteiger partial charge in [-0.05, 0) is 30.8 Å². The largest absolute Gasteiger partial charge is 0.266 e. The van der Waals surface area contributed by atoms with Gasteiger partial charge in [0.2, 0.25) is 0 Å². The van der Waals surface area contributed by atoms with Gasteiger partial charge in [-0.15, -0.1) is 0 Å². The highest BCUT2D eigenvalue weighted by Gasteiger charge is 2.16. The highest BCUT2D eigenvalue weighted by Crippen LogP contribution is 2.29. The molecule has 0 heterocycles. The first-order chi connectivity index (χ1) is 5.18. The fourth-order valence-electron chi connectivity index (χ4n) is 1.63. The molecule has 0 unspecified atom stereocenters. The van der Waals surface area contributed by atoms with Crippen molar-refractivity contribution in [3.8, 4) is 0 Å². The van der Waals surface area contributed by atoms with Crippen LogP contribution in [0.1, 0.15) is 32.6 Å². The van der Waals surface area contributed by atoms with Gasteiger partial charge in [-0.3, -0.25) is 0 Å². The third-order valence-corrected chi connectivity index (χ3v) is 2.42. The van der Waals surface area contributed by atoms with Crippen molar-refractivity contribution in [1.82, 2.24) is 0 Å². The highest BCUT2D eigenvalue weighted by atomic mass is 19.3. The van der Waals surface area contributed by atoms with Crippen LogP contribution in [0.5, 0.6) is 0 Å². The molecule has 0 nitrogen and oxygen atoms in total. The van der Waals surface area contributed by atoms with E-state index in [1.165, 1.54) is 0 Å². The average Bonchev–Trinajstić information content (AvgIpc) is 1.93. The van der Waals surface area contributed by atoms with Crippen molar-refractivity contribution in [3.63, 3.8) is 0 Å². The molecule has 1 aliphatic carbocycles. The minimum absolute atomic E-state index is 0.149. The summed E-state index contributed by atoms with van der Waals surface area (Å²) in [5.74, 6) is 0.888. The number of hydrogen-bond acceptors (Lipinski definition) is 0. The summed E-state index contributed by atoms with van der Waals surface area (Å²) in [7, 11) is 0. The lowest BCUT2D eigenvalue weighted by atomic mass is 9.83. The normalized spacial score (nSPS) is 31.5. The predicted molar refractivity (Wildman–Crippen MR) is 41.4 cm³/mol. The number of hydrogen-bond donors (Lipinski definition) is 0. The second kappa shape index (κ2) is 3.84. The molecule has 1 fully saturated rings. The number of allylic oxidation sites excluding steroid dienone is 1. The smallest absolute Gasteiger partial charge is 0.174 e. The Morgan fingerprint density at radius 3 is 2.18 bits per heavy atom. The van der Waals surface area contributed by atoms with Gasteiger partial charge >= 0.3 is 0 Å². The van der Waals surface area contributed by atoms with E-state index in [1.54, 1.807) is 0 Å². The molecule has 0 aromatic carbocycles. The Morgan fingerprint density at radius 2 is 1.73 bits per heavy atom. The van der Waals surface area contributed by atoms with Crippen LogP contribution in [0.2, 0.25) is 0 Å². The van der Waals surface area contributed by atoms with Crippen LogP contribution in [0.15, 0.2) is 12.2 Å². The third kappa shape index (κ3) is 3.00. The Balaban J connectivity index is 2.34. The summed E-state index contributed by atoms with van der Waals surface area (Å²) in [5.41, 5.74) is 0. The molecule has 64 valence electrons. The molecule has 2 heteroatoms. The van der Waals surface area contributed by atoms with Gasteiger partial charge < -0.3 is 0 Å². The predicted octanol–water partition coefficient (Wildman–Crippen LogP) is 3.59. The molecule has 0 atom stereocenters. The zero-order valence-corrected chi connectivity index (χ0v) is 6.82. The molecule has 0 amide bonds. The van der Waals surface area contributed by atoms with E-state index >= 15 is 0 Å². The van der Waals surface area contributed by atoms with Crippen LogP contribution in [-0.4, -0.2) is 0 Å². The molecular formula is C9H14F2. The quantitative estimate of drug-likeness (QED) is 0.549. The van der Waals surface area contributed by atoms with Crippen molar-refractivity contribution in [2.75, 3.05) is 0 Å². The summed E-state index contributed by atoms with van der Waals surface area (Å²) in [6, 6.07) is 0. The minimum Gasteiger partial charge on any atom is -0.174 e. The Bertz CT molecular complexity index is 140. The molecule has 1 aliphatic rings. The summed E-state index contributed by atoms with van der Waals surface area (Å²) in [5, 5.41) is 0. The lowest BCUT2D eigenvalue weighted by Crippen LogP contribution is -2.10. The molecule has 0 spiro atoms. The summed E-state index contributed by atoms with van der Waals surface area (Å²) < 4.78 is 23.6. The molecule has 0 aromatic rings. The molecule has 1 saturated carbocycles. The van der Waals surface area contributed by atoms with Gasteiger partial charge in [0.25, 0.3) is 6.08 Å². The maximum atomic E-state index is 11.8. The molecule has 0 N–H and O–H groups in total. The average molecular weight is 160 g/mol. The van der Waals surface area contributed by atoms with Gasteiger partial charge in [-0.2, -0.15) is 8.78 Å². The van der Waals surface area contributed by atoms with Gasteiger partial charge in [0.05, 0.1) is 0 Å². The maximum absolute atomic E-state index is 11.8. The topological polar surface area (TPSA) is 0 Å². The summed E-state index contributed by atoms with van der Waals surface area (Å²) in [6.45, 7) is 2.19. The second-order valence-corrected chi connectivity index (χ2v) is 3.48. The van der Waals surface area contributed by atoms with Crippen LogP contribution in [0.25, 0.3) is 0 Å². The molecule has 0 radical (unpaired) electrons. The van der Waals surface area contributed by atoms with Crippen molar-refractivity contribution in [3.05, 3.63) is 12.2 Å². The van der Waals surface area contributed by atoms with Crippen LogP contribution in [0.4, 0.5) is 8.78 Å². The molecule has 0 saturated heterocycles. The number of halogens is 2. The Hall–Kier alpha value is -0.400. The van der Waals surface area contributed by atoms with E-state index in [-0.39, 0.29) is 5.92 Å². The van der Waals surface area contributed by atoms with E-state index < -0.39 is 6.08 Å². The Kier molecular flexibility index (Phi) is 3.03. The van der Waals surface area contributed by atoms with Gasteiger partial charge in [0.15, 0.2) is 0 Å². The molecular weight excluding hydrogens is 146 g/mol. The van der Waals surface area contributed by atoms with E-state index in [0.717, 1.165) is 37.7 Å². The van der Waals surface area contributed by atoms with Crippen molar-refractivity contribution >= 4 is 0 Å². The first-order valence-electron chi connectivity index (χ1n) is 4.21. The Morgan fingerprint density at radius 1 is 1.18 bits per heavy atom. The van der Waals surface area contributed by atoms with E-state index in [0.29, 0.717) is 0 Å². The maximum Gasteiger partial charge on any atom is 0.266 e. The van der Waals surface area contributed by atoms with Crippen molar-refractivity contribution < 1.29 is 8.78 Å². The van der Waals surface area contributed by atoms with Gasteiger partial charge in [-0.1, -0.05) is 19.8 Å². The van der Waals surface area contributed by atoms with Crippen LogP contribution in [0.3, 0.4) is 0 Å². The van der Waals surface area contributed by atoms with Crippen LogP contribution >= 0.6 is 0 Å². The summed E-state index contributed by atoms with van der Waals surface area (Å²) in [4.78, 5) is 0. The van der Waals surface area contributed by atoms with Gasteiger partial charge in [-0.25, -0.2) is 0 Å². The lowest BCUT2D eigenvalue weighted by Gasteiger charge is -2.23. The lowest BCUT2D eigenvalue weighted by molar-refractivity contribution is 0.317. The monoisotopic (exact) mass is 160 g/mol. The van der Waals surface area contributed by atoms with E-state index in [9.17, 15) is 8.78 Å². The molecule has 0 aromatic heterocycles. The first-order valence-corrected chi connectivity index (χ1v) is 4.21. The second-order valence-electron chi connectivity index (χ2n) is 3.48.